The van der Waals surface area contributed by atoms with Crippen molar-refractivity contribution in [2.24, 2.45) is 0 Å². The second-order valence-corrected chi connectivity index (χ2v) is 9.27. The average Bonchev–Trinajstić information content (AvgIpc) is 2.70. The maximum absolute atomic E-state index is 11.7. The van der Waals surface area contributed by atoms with Gasteiger partial charge in [-0.15, -0.1) is 0 Å². The van der Waals surface area contributed by atoms with Crippen LogP contribution in [-0.4, -0.2) is 24.2 Å². The molecule has 0 spiro atoms. The van der Waals surface area contributed by atoms with E-state index in [0.717, 1.165) is 17.7 Å². The number of carbonyl (C=O) groups excluding carboxylic acids is 1. The first kappa shape index (κ1) is 21.4. The van der Waals surface area contributed by atoms with Crippen molar-refractivity contribution in [2.45, 2.75) is 64.4 Å². The van der Waals surface area contributed by atoms with E-state index in [1.807, 2.05) is 12.1 Å². The van der Waals surface area contributed by atoms with E-state index in [0.29, 0.717) is 18.7 Å². The lowest BCUT2D eigenvalue weighted by atomic mass is 9.63. The Morgan fingerprint density at radius 2 is 1.66 bits per heavy atom. The zero-order valence-electron chi connectivity index (χ0n) is 18.2. The van der Waals surface area contributed by atoms with Gasteiger partial charge in [0, 0.05) is 12.2 Å². The lowest BCUT2D eigenvalue weighted by Crippen LogP contribution is -2.34. The lowest BCUT2D eigenvalue weighted by molar-refractivity contribution is 0.0526. The fraction of sp³-hybridized carbons (Fsp3) is 0.480. The fourth-order valence-electron chi connectivity index (χ4n) is 4.08. The van der Waals surface area contributed by atoms with Crippen molar-refractivity contribution in [3.05, 3.63) is 64.7 Å². The van der Waals surface area contributed by atoms with Gasteiger partial charge in [0.1, 0.15) is 0 Å². The monoisotopic (exact) mass is 395 g/mol. The molecule has 1 aliphatic carbocycles. The summed E-state index contributed by atoms with van der Waals surface area (Å²) in [6.45, 7) is 11.7. The van der Waals surface area contributed by atoms with E-state index in [1.165, 1.54) is 17.5 Å². The van der Waals surface area contributed by atoms with E-state index in [9.17, 15) is 9.90 Å². The summed E-state index contributed by atoms with van der Waals surface area (Å²) < 4.78 is 5.00. The number of aliphatic hydroxyl groups excluding tert-OH is 1. The van der Waals surface area contributed by atoms with Crippen molar-refractivity contribution >= 4 is 11.7 Å². The molecule has 1 aliphatic rings. The molecule has 156 valence electrons. The predicted molar refractivity (Wildman–Crippen MR) is 118 cm³/mol. The number of hydrogen-bond donors (Lipinski definition) is 2. The molecule has 0 saturated carbocycles. The van der Waals surface area contributed by atoms with E-state index >= 15 is 0 Å². The minimum atomic E-state index is -0.606. The SMILES string of the molecule is CCOC(=O)c1ccc(NCC(O)c2ccc3c(c2)C(C)(C)CCC3(C)C)cc1. The quantitative estimate of drug-likeness (QED) is 0.647. The van der Waals surface area contributed by atoms with Crippen LogP contribution in [0.1, 0.15) is 80.6 Å². The molecular weight excluding hydrogens is 362 g/mol. The van der Waals surface area contributed by atoms with Gasteiger partial charge in [-0.05, 0) is 71.6 Å². The smallest absolute Gasteiger partial charge is 0.338 e. The summed E-state index contributed by atoms with van der Waals surface area (Å²) in [4.78, 5) is 11.7. The minimum absolute atomic E-state index is 0.122. The number of nitrogens with one attached hydrogen (secondary N) is 1. The van der Waals surface area contributed by atoms with Crippen LogP contribution in [0.5, 0.6) is 0 Å². The standard InChI is InChI=1S/C25H33NO3/c1-6-29-23(28)17-7-10-19(11-8-17)26-16-22(27)18-9-12-20-21(15-18)25(4,5)14-13-24(20,2)3/h7-12,15,22,26-27H,6,13-14,16H2,1-5H3. The van der Waals surface area contributed by atoms with E-state index in [1.54, 1.807) is 19.1 Å². The molecule has 1 atom stereocenters. The number of anilines is 1. The van der Waals surface area contributed by atoms with Crippen LogP contribution in [0.2, 0.25) is 0 Å². The number of aliphatic hydroxyl groups is 1. The molecule has 0 fully saturated rings. The average molecular weight is 396 g/mol. The molecule has 0 aliphatic heterocycles. The molecule has 0 saturated heterocycles. The van der Waals surface area contributed by atoms with E-state index in [4.69, 9.17) is 4.74 Å². The number of carbonyl (C=O) groups is 1. The van der Waals surface area contributed by atoms with Gasteiger partial charge < -0.3 is 15.2 Å². The van der Waals surface area contributed by atoms with Gasteiger partial charge in [0.05, 0.1) is 18.3 Å². The molecular formula is C25H33NO3. The molecule has 2 aromatic rings. The summed E-state index contributed by atoms with van der Waals surface area (Å²) in [6, 6.07) is 13.6. The van der Waals surface area contributed by atoms with Gasteiger partial charge in [0.25, 0.3) is 0 Å². The fourth-order valence-corrected chi connectivity index (χ4v) is 4.08. The van der Waals surface area contributed by atoms with Gasteiger partial charge in [0.2, 0.25) is 0 Å². The molecule has 0 bridgehead atoms. The number of rotatable bonds is 6. The third-order valence-electron chi connectivity index (χ3n) is 6.16. The molecule has 2 aromatic carbocycles. The van der Waals surface area contributed by atoms with Crippen LogP contribution in [0.4, 0.5) is 5.69 Å². The Bertz CT molecular complexity index is 868. The van der Waals surface area contributed by atoms with Crippen molar-refractivity contribution in [1.82, 2.24) is 0 Å². The Balaban J connectivity index is 1.70. The first-order valence-electron chi connectivity index (χ1n) is 10.5. The zero-order valence-corrected chi connectivity index (χ0v) is 18.2. The third kappa shape index (κ3) is 4.64. The normalized spacial score (nSPS) is 17.9. The van der Waals surface area contributed by atoms with Gasteiger partial charge in [-0.2, -0.15) is 0 Å². The molecule has 0 radical (unpaired) electrons. The minimum Gasteiger partial charge on any atom is -0.462 e. The summed E-state index contributed by atoms with van der Waals surface area (Å²) >= 11 is 0. The highest BCUT2D eigenvalue weighted by Crippen LogP contribution is 2.46. The Morgan fingerprint density at radius 1 is 1.03 bits per heavy atom. The lowest BCUT2D eigenvalue weighted by Gasteiger charge is -2.42. The number of hydrogen-bond acceptors (Lipinski definition) is 4. The van der Waals surface area contributed by atoms with Crippen LogP contribution < -0.4 is 5.32 Å². The summed E-state index contributed by atoms with van der Waals surface area (Å²) in [6.07, 6.45) is 1.72. The van der Waals surface area contributed by atoms with Crippen molar-refractivity contribution in [1.29, 1.82) is 0 Å². The van der Waals surface area contributed by atoms with E-state index < -0.39 is 6.10 Å². The molecule has 3 rings (SSSR count). The first-order chi connectivity index (χ1) is 13.6. The largest absolute Gasteiger partial charge is 0.462 e. The third-order valence-corrected chi connectivity index (χ3v) is 6.16. The van der Waals surface area contributed by atoms with E-state index in [2.05, 4.69) is 51.2 Å². The van der Waals surface area contributed by atoms with Crippen molar-refractivity contribution in [2.75, 3.05) is 18.5 Å². The Labute approximate surface area is 174 Å². The molecule has 4 nitrogen and oxygen atoms in total. The van der Waals surface area contributed by atoms with Crippen LogP contribution in [0.25, 0.3) is 0 Å². The molecule has 4 heteroatoms. The van der Waals surface area contributed by atoms with Crippen LogP contribution in [0.15, 0.2) is 42.5 Å². The van der Waals surface area contributed by atoms with Gasteiger partial charge in [-0.3, -0.25) is 0 Å². The van der Waals surface area contributed by atoms with E-state index in [-0.39, 0.29) is 16.8 Å². The molecule has 0 amide bonds. The first-order valence-corrected chi connectivity index (χ1v) is 10.5. The van der Waals surface area contributed by atoms with Crippen LogP contribution in [-0.2, 0) is 15.6 Å². The summed E-state index contributed by atoms with van der Waals surface area (Å²) in [7, 11) is 0. The maximum atomic E-state index is 11.7. The maximum Gasteiger partial charge on any atom is 0.338 e. The second-order valence-electron chi connectivity index (χ2n) is 9.27. The van der Waals surface area contributed by atoms with Crippen molar-refractivity contribution in [3.8, 4) is 0 Å². The van der Waals surface area contributed by atoms with Crippen molar-refractivity contribution in [3.63, 3.8) is 0 Å². The van der Waals surface area contributed by atoms with Crippen molar-refractivity contribution < 1.29 is 14.6 Å². The highest BCUT2D eigenvalue weighted by atomic mass is 16.5. The highest BCUT2D eigenvalue weighted by molar-refractivity contribution is 5.89. The predicted octanol–water partition coefficient (Wildman–Crippen LogP) is 5.36. The molecule has 29 heavy (non-hydrogen) atoms. The van der Waals surface area contributed by atoms with Crippen LogP contribution >= 0.6 is 0 Å². The summed E-state index contributed by atoms with van der Waals surface area (Å²) in [5.74, 6) is -0.321. The van der Waals surface area contributed by atoms with Gasteiger partial charge in [-0.25, -0.2) is 4.79 Å². The number of benzene rings is 2. The van der Waals surface area contributed by atoms with Crippen LogP contribution in [0.3, 0.4) is 0 Å². The summed E-state index contributed by atoms with van der Waals surface area (Å²) in [5, 5.41) is 14.0. The summed E-state index contributed by atoms with van der Waals surface area (Å²) in [5.41, 5.74) is 5.36. The second kappa shape index (κ2) is 8.19. The van der Waals surface area contributed by atoms with Gasteiger partial charge in [-0.1, -0.05) is 45.9 Å². The molecule has 0 heterocycles. The highest BCUT2D eigenvalue weighted by Gasteiger charge is 2.37. The topological polar surface area (TPSA) is 58.6 Å². The Kier molecular flexibility index (Phi) is 6.04. The van der Waals surface area contributed by atoms with Gasteiger partial charge in [0.15, 0.2) is 0 Å². The number of ether oxygens (including phenoxy) is 1. The Hall–Kier alpha value is -2.33. The zero-order chi connectivity index (χ0) is 21.2. The molecule has 1 unspecified atom stereocenters. The Morgan fingerprint density at radius 3 is 2.28 bits per heavy atom. The molecule has 0 aromatic heterocycles. The number of esters is 1. The van der Waals surface area contributed by atoms with Crippen LogP contribution in [0, 0.1) is 0 Å². The number of fused-ring (bicyclic) bond motifs is 1. The van der Waals surface area contributed by atoms with Gasteiger partial charge >= 0.3 is 5.97 Å². The molecule has 2 N–H and O–H groups in total.